The van der Waals surface area contributed by atoms with Crippen LogP contribution < -0.4 is 16.4 Å². The van der Waals surface area contributed by atoms with E-state index in [1.807, 2.05) is 27.7 Å². The van der Waals surface area contributed by atoms with E-state index in [1.54, 1.807) is 10.3 Å². The number of carbonyl (C=O) groups excluding carboxylic acids is 2. The van der Waals surface area contributed by atoms with Crippen molar-refractivity contribution in [1.29, 1.82) is 0 Å². The highest BCUT2D eigenvalue weighted by Gasteiger charge is 2.44. The van der Waals surface area contributed by atoms with E-state index >= 15 is 0 Å². The Morgan fingerprint density at radius 2 is 1.88 bits per heavy atom. The Morgan fingerprint density at radius 3 is 2.46 bits per heavy atom. The lowest BCUT2D eigenvalue weighted by molar-refractivity contribution is -0.135. The van der Waals surface area contributed by atoms with Crippen molar-refractivity contribution in [3.63, 3.8) is 0 Å². The first kappa shape index (κ1) is 17.3. The first-order valence-corrected chi connectivity index (χ1v) is 9.45. The molecule has 2 aliphatic rings. The van der Waals surface area contributed by atoms with Crippen molar-refractivity contribution in [3.8, 4) is 0 Å². The van der Waals surface area contributed by atoms with E-state index in [2.05, 4.69) is 0 Å². The van der Waals surface area contributed by atoms with Gasteiger partial charge in [0, 0.05) is 16.7 Å². The number of primary amides is 2. The van der Waals surface area contributed by atoms with Gasteiger partial charge >= 0.3 is 0 Å². The molecular weight excluding hydrogens is 346 g/mol. The number of carbonyl (C=O) groups is 2. The second-order valence-corrected chi connectivity index (χ2v) is 8.92. The molecule has 0 saturated heterocycles. The molecule has 0 radical (unpaired) electrons. The van der Waals surface area contributed by atoms with E-state index in [4.69, 9.17) is 16.2 Å². The number of hydrogen-bond acceptors (Lipinski definition) is 6. The third kappa shape index (κ3) is 2.72. The van der Waals surface area contributed by atoms with Crippen molar-refractivity contribution < 1.29 is 14.3 Å². The Morgan fingerprint density at radius 1 is 1.21 bits per heavy atom. The zero-order valence-corrected chi connectivity index (χ0v) is 15.8. The molecule has 4 N–H and O–H groups in total. The quantitative estimate of drug-likeness (QED) is 0.854. The Balaban J connectivity index is 2.20. The molecule has 6 nitrogen and oxygen atoms in total. The van der Waals surface area contributed by atoms with Gasteiger partial charge in [-0.05, 0) is 33.3 Å². The smallest absolute Gasteiger partial charge is 0.265 e. The van der Waals surface area contributed by atoms with Gasteiger partial charge in [0.05, 0.1) is 22.6 Å². The van der Waals surface area contributed by atoms with Gasteiger partial charge in [-0.2, -0.15) is 0 Å². The number of amides is 2. The summed E-state index contributed by atoms with van der Waals surface area (Å²) in [4.78, 5) is 26.7. The molecule has 8 heteroatoms. The van der Waals surface area contributed by atoms with Gasteiger partial charge in [-0.1, -0.05) is 0 Å². The number of thioether (sulfide) groups is 1. The van der Waals surface area contributed by atoms with Crippen LogP contribution in [0.1, 0.15) is 48.5 Å². The van der Waals surface area contributed by atoms with Crippen LogP contribution in [0.4, 0.5) is 5.00 Å². The molecule has 2 amide bonds. The minimum Gasteiger partial charge on any atom is -0.365 e. The maximum atomic E-state index is 12.2. The lowest BCUT2D eigenvalue weighted by Crippen LogP contribution is -2.42. The molecule has 0 aromatic carbocycles. The van der Waals surface area contributed by atoms with Crippen LogP contribution in [-0.2, 0) is 21.6 Å². The zero-order chi connectivity index (χ0) is 17.9. The fraction of sp³-hybridized carbons (Fsp3) is 0.500. The maximum Gasteiger partial charge on any atom is 0.265 e. The summed E-state index contributed by atoms with van der Waals surface area (Å²) in [6.07, 6.45) is 0.594. The summed E-state index contributed by atoms with van der Waals surface area (Å²) < 4.78 is 6.20. The highest BCUT2D eigenvalue weighted by atomic mass is 32.2. The van der Waals surface area contributed by atoms with E-state index in [-0.39, 0.29) is 0 Å². The Kier molecular flexibility index (Phi) is 3.97. The zero-order valence-electron chi connectivity index (χ0n) is 14.1. The van der Waals surface area contributed by atoms with E-state index in [0.717, 1.165) is 10.4 Å². The third-order valence-corrected chi connectivity index (χ3v) is 6.46. The summed E-state index contributed by atoms with van der Waals surface area (Å²) >= 11 is 2.92. The molecule has 0 spiro atoms. The Labute approximate surface area is 149 Å². The summed E-state index contributed by atoms with van der Waals surface area (Å²) in [5.41, 5.74) is 12.0. The number of nitrogens with zero attached hydrogens (tertiary/aromatic N) is 1. The summed E-state index contributed by atoms with van der Waals surface area (Å²) in [7, 11) is 0. The predicted octanol–water partition coefficient (Wildman–Crippen LogP) is 2.27. The highest BCUT2D eigenvalue weighted by molar-refractivity contribution is 8.02. The summed E-state index contributed by atoms with van der Waals surface area (Å²) in [6, 6.07) is 0. The summed E-state index contributed by atoms with van der Waals surface area (Å²) in [5.74, 6) is -0.475. The minimum absolute atomic E-state index is 0.388. The molecule has 3 heterocycles. The number of nitrogens with two attached hydrogens (primary N) is 2. The Bertz CT molecular complexity index is 765. The predicted molar refractivity (Wildman–Crippen MR) is 96.9 cm³/mol. The summed E-state index contributed by atoms with van der Waals surface area (Å²) in [5, 5.41) is 2.40. The van der Waals surface area contributed by atoms with Crippen LogP contribution in [-0.4, -0.2) is 23.3 Å². The van der Waals surface area contributed by atoms with Gasteiger partial charge in [-0.3, -0.25) is 9.59 Å². The minimum atomic E-state index is -0.534. The molecule has 3 rings (SSSR count). The molecule has 24 heavy (non-hydrogen) atoms. The van der Waals surface area contributed by atoms with E-state index in [9.17, 15) is 9.59 Å². The van der Waals surface area contributed by atoms with Gasteiger partial charge in [0.15, 0.2) is 0 Å². The van der Waals surface area contributed by atoms with Crippen molar-refractivity contribution >= 4 is 39.9 Å². The average molecular weight is 367 g/mol. The maximum absolute atomic E-state index is 12.2. The number of rotatable bonds is 3. The molecule has 1 aromatic rings. The lowest BCUT2D eigenvalue weighted by atomic mass is 9.86. The second-order valence-electron chi connectivity index (χ2n) is 7.09. The molecule has 1 aromatic heterocycles. The van der Waals surface area contributed by atoms with Crippen molar-refractivity contribution in [2.45, 2.75) is 45.3 Å². The Hall–Kier alpha value is -1.51. The molecule has 0 fully saturated rings. The van der Waals surface area contributed by atoms with Crippen molar-refractivity contribution in [2.75, 3.05) is 10.8 Å². The van der Waals surface area contributed by atoms with Gasteiger partial charge in [-0.15, -0.1) is 23.1 Å². The highest BCUT2D eigenvalue weighted by Crippen LogP contribution is 2.50. The number of thiophene rings is 1. The molecule has 2 aliphatic heterocycles. The number of hydrogen-bond donors (Lipinski definition) is 2. The van der Waals surface area contributed by atoms with Crippen LogP contribution >= 0.6 is 23.1 Å². The topological polar surface area (TPSA) is 98.6 Å². The van der Waals surface area contributed by atoms with Crippen LogP contribution in [0.5, 0.6) is 0 Å². The fourth-order valence-electron chi connectivity index (χ4n) is 3.43. The SMILES string of the molecule is CC1(C)Cc2c(sc(N3CSC=C3C(N)=O)c2C(N)=O)C(C)(C)O1. The van der Waals surface area contributed by atoms with Crippen LogP contribution in [0, 0.1) is 0 Å². The molecule has 0 unspecified atom stereocenters. The van der Waals surface area contributed by atoms with Crippen molar-refractivity contribution in [3.05, 3.63) is 27.1 Å². The fourth-order valence-corrected chi connectivity index (χ4v) is 5.78. The largest absolute Gasteiger partial charge is 0.365 e. The molecule has 0 saturated carbocycles. The van der Waals surface area contributed by atoms with Gasteiger partial charge in [0.2, 0.25) is 0 Å². The van der Waals surface area contributed by atoms with E-state index < -0.39 is 23.0 Å². The molecule has 0 aliphatic carbocycles. The summed E-state index contributed by atoms with van der Waals surface area (Å²) in [6.45, 7) is 7.98. The average Bonchev–Trinajstić information content (AvgIpc) is 2.99. The number of anilines is 1. The first-order valence-electron chi connectivity index (χ1n) is 7.59. The molecular formula is C16H21N3O3S2. The van der Waals surface area contributed by atoms with Gasteiger partial charge in [-0.25, -0.2) is 0 Å². The van der Waals surface area contributed by atoms with Crippen LogP contribution in [0.3, 0.4) is 0 Å². The van der Waals surface area contributed by atoms with Crippen LogP contribution in [0.15, 0.2) is 11.1 Å². The molecule has 0 bridgehead atoms. The molecule has 130 valence electrons. The second kappa shape index (κ2) is 5.50. The van der Waals surface area contributed by atoms with Crippen molar-refractivity contribution in [1.82, 2.24) is 0 Å². The number of ether oxygens (including phenoxy) is 1. The van der Waals surface area contributed by atoms with Crippen LogP contribution in [0.25, 0.3) is 0 Å². The monoisotopic (exact) mass is 367 g/mol. The third-order valence-electron chi connectivity index (χ3n) is 4.10. The number of fused-ring (bicyclic) bond motifs is 1. The van der Waals surface area contributed by atoms with E-state index in [1.165, 1.54) is 23.1 Å². The van der Waals surface area contributed by atoms with E-state index in [0.29, 0.717) is 28.6 Å². The van der Waals surface area contributed by atoms with Gasteiger partial charge in [0.1, 0.15) is 10.7 Å². The van der Waals surface area contributed by atoms with Crippen LogP contribution in [0.2, 0.25) is 0 Å². The van der Waals surface area contributed by atoms with Crippen molar-refractivity contribution in [2.24, 2.45) is 11.5 Å². The molecule has 0 atom stereocenters. The first-order chi connectivity index (χ1) is 11.0. The van der Waals surface area contributed by atoms with Gasteiger partial charge in [0.25, 0.3) is 11.8 Å². The normalized spacial score (nSPS) is 21.3. The standard InChI is InChI=1S/C16H21N3O3S2/c1-15(2)5-8-10(13(18)21)14(24-11(8)16(3,4)22-15)19-7-23-6-9(19)12(17)20/h6H,5,7H2,1-4H3,(H2,17,20)(H2,18,21). The van der Waals surface area contributed by atoms with Gasteiger partial charge < -0.3 is 21.1 Å². The lowest BCUT2D eigenvalue weighted by Gasteiger charge is -2.41.